The van der Waals surface area contributed by atoms with Crippen LogP contribution in [0.5, 0.6) is 5.75 Å². The molecule has 1 saturated heterocycles. The van der Waals surface area contributed by atoms with E-state index in [1.165, 1.54) is 11.1 Å². The summed E-state index contributed by atoms with van der Waals surface area (Å²) in [6.07, 6.45) is 5.23. The van der Waals surface area contributed by atoms with Gasteiger partial charge in [-0.15, -0.1) is 0 Å². The number of aryl methyl sites for hydroxylation is 2. The number of methoxy groups -OCH3 is 1. The summed E-state index contributed by atoms with van der Waals surface area (Å²) in [4.78, 5) is 8.86. The third-order valence-corrected chi connectivity index (χ3v) is 5.20. The molecule has 29 heavy (non-hydrogen) atoms. The molecule has 0 radical (unpaired) electrons. The van der Waals surface area contributed by atoms with E-state index in [4.69, 9.17) is 14.2 Å². The van der Waals surface area contributed by atoms with Crippen LogP contribution in [0.15, 0.2) is 48.8 Å². The van der Waals surface area contributed by atoms with Crippen LogP contribution in [-0.2, 0) is 22.4 Å². The molecule has 0 aliphatic carbocycles. The van der Waals surface area contributed by atoms with Gasteiger partial charge >= 0.3 is 0 Å². The molecule has 6 nitrogen and oxygen atoms in total. The highest BCUT2D eigenvalue weighted by atomic mass is 16.7. The van der Waals surface area contributed by atoms with Gasteiger partial charge in [0.15, 0.2) is 6.29 Å². The normalized spacial score (nSPS) is 19.4. The minimum absolute atomic E-state index is 0.181. The quantitative estimate of drug-likeness (QED) is 0.664. The van der Waals surface area contributed by atoms with Gasteiger partial charge in [0, 0.05) is 30.7 Å². The van der Waals surface area contributed by atoms with Gasteiger partial charge in [0.25, 0.3) is 0 Å². The van der Waals surface area contributed by atoms with Crippen molar-refractivity contribution in [1.82, 2.24) is 15.3 Å². The second-order valence-corrected chi connectivity index (χ2v) is 7.39. The number of nitrogens with one attached hydrogen (secondary N) is 1. The second kappa shape index (κ2) is 9.31. The number of hydrogen-bond donors (Lipinski definition) is 1. The molecular weight excluding hydrogens is 366 g/mol. The molecule has 1 aliphatic rings. The lowest BCUT2D eigenvalue weighted by Gasteiger charge is -2.30. The molecule has 1 aromatic carbocycles. The monoisotopic (exact) mass is 393 g/mol. The Morgan fingerprint density at radius 1 is 1.10 bits per heavy atom. The average molecular weight is 393 g/mol. The predicted molar refractivity (Wildman–Crippen MR) is 112 cm³/mol. The first kappa shape index (κ1) is 19.8. The molecule has 1 aliphatic heterocycles. The standard InChI is InChI=1S/C23H27N3O3/c1-16-3-5-18(25-12-16)13-26-19-14-28-23(29-15-19)8-4-17-9-10-24-22-7-6-20(27-2)11-21(17)22/h3,5-7,9-12,19,23,26H,4,8,13-15H2,1-2H3/t19-,23-. The summed E-state index contributed by atoms with van der Waals surface area (Å²) in [5.74, 6) is 0.842. The summed E-state index contributed by atoms with van der Waals surface area (Å²) in [7, 11) is 1.68. The lowest BCUT2D eigenvalue weighted by molar-refractivity contribution is -0.192. The third-order valence-electron chi connectivity index (χ3n) is 5.20. The maximum absolute atomic E-state index is 5.93. The molecule has 3 aromatic rings. The molecule has 0 unspecified atom stereocenters. The minimum Gasteiger partial charge on any atom is -0.497 e. The van der Waals surface area contributed by atoms with Crippen molar-refractivity contribution in [2.75, 3.05) is 20.3 Å². The fourth-order valence-corrected chi connectivity index (χ4v) is 3.48. The fourth-order valence-electron chi connectivity index (χ4n) is 3.48. The summed E-state index contributed by atoms with van der Waals surface area (Å²) in [5.41, 5.74) is 4.40. The SMILES string of the molecule is COc1ccc2nccc(CC[C@H]3OC[C@H](NCc4ccc(C)cn4)CO3)c2c1. The molecule has 0 saturated carbocycles. The van der Waals surface area contributed by atoms with Crippen LogP contribution in [-0.4, -0.2) is 42.6 Å². The van der Waals surface area contributed by atoms with E-state index < -0.39 is 0 Å². The summed E-state index contributed by atoms with van der Waals surface area (Å²) in [6, 6.07) is 12.3. The molecule has 0 atom stereocenters. The lowest BCUT2D eigenvalue weighted by Crippen LogP contribution is -2.44. The van der Waals surface area contributed by atoms with E-state index in [1.807, 2.05) is 43.6 Å². The zero-order chi connectivity index (χ0) is 20.1. The average Bonchev–Trinajstić information content (AvgIpc) is 2.77. The first-order valence-corrected chi connectivity index (χ1v) is 10.0. The summed E-state index contributed by atoms with van der Waals surface area (Å²) < 4.78 is 17.2. The van der Waals surface area contributed by atoms with Gasteiger partial charge in [0.2, 0.25) is 0 Å². The van der Waals surface area contributed by atoms with Crippen LogP contribution in [0.4, 0.5) is 0 Å². The van der Waals surface area contributed by atoms with Gasteiger partial charge in [-0.25, -0.2) is 0 Å². The highest BCUT2D eigenvalue weighted by Gasteiger charge is 2.22. The van der Waals surface area contributed by atoms with Gasteiger partial charge in [0.1, 0.15) is 5.75 Å². The van der Waals surface area contributed by atoms with Crippen molar-refractivity contribution >= 4 is 10.9 Å². The Kier molecular flexibility index (Phi) is 6.34. The second-order valence-electron chi connectivity index (χ2n) is 7.39. The highest BCUT2D eigenvalue weighted by molar-refractivity contribution is 5.83. The molecule has 1 fully saturated rings. The van der Waals surface area contributed by atoms with Crippen molar-refractivity contribution in [1.29, 1.82) is 0 Å². The van der Waals surface area contributed by atoms with Crippen molar-refractivity contribution < 1.29 is 14.2 Å². The summed E-state index contributed by atoms with van der Waals surface area (Å²) >= 11 is 0. The first-order chi connectivity index (χ1) is 14.2. The van der Waals surface area contributed by atoms with E-state index in [0.717, 1.165) is 35.2 Å². The van der Waals surface area contributed by atoms with Gasteiger partial charge in [-0.2, -0.15) is 0 Å². The smallest absolute Gasteiger partial charge is 0.158 e. The largest absolute Gasteiger partial charge is 0.497 e. The fraction of sp³-hybridized carbons (Fsp3) is 0.391. The van der Waals surface area contributed by atoms with E-state index in [1.54, 1.807) is 7.11 Å². The van der Waals surface area contributed by atoms with Crippen LogP contribution in [0, 0.1) is 6.92 Å². The van der Waals surface area contributed by atoms with Crippen molar-refractivity contribution in [2.24, 2.45) is 0 Å². The number of hydrogen-bond acceptors (Lipinski definition) is 6. The number of benzene rings is 1. The van der Waals surface area contributed by atoms with Crippen molar-refractivity contribution in [3.05, 3.63) is 65.6 Å². The highest BCUT2D eigenvalue weighted by Crippen LogP contribution is 2.24. The van der Waals surface area contributed by atoms with Crippen LogP contribution >= 0.6 is 0 Å². The Labute approximate surface area is 171 Å². The van der Waals surface area contributed by atoms with Crippen LogP contribution in [0.3, 0.4) is 0 Å². The molecule has 4 rings (SSSR count). The van der Waals surface area contributed by atoms with Crippen LogP contribution in [0.2, 0.25) is 0 Å². The number of rotatable bonds is 7. The van der Waals surface area contributed by atoms with Crippen molar-refractivity contribution in [3.8, 4) is 5.75 Å². The molecule has 3 heterocycles. The van der Waals surface area contributed by atoms with Crippen molar-refractivity contribution in [3.63, 3.8) is 0 Å². The zero-order valence-electron chi connectivity index (χ0n) is 16.9. The van der Waals surface area contributed by atoms with Crippen LogP contribution < -0.4 is 10.1 Å². The Bertz CT molecular complexity index is 938. The third kappa shape index (κ3) is 5.09. The molecule has 0 bridgehead atoms. The number of nitrogens with zero attached hydrogens (tertiary/aromatic N) is 2. The van der Waals surface area contributed by atoms with Gasteiger partial charge in [-0.05, 0) is 54.8 Å². The van der Waals surface area contributed by atoms with Gasteiger partial charge in [0.05, 0.1) is 37.6 Å². The van der Waals surface area contributed by atoms with E-state index in [9.17, 15) is 0 Å². The Balaban J connectivity index is 1.27. The number of ether oxygens (including phenoxy) is 3. The summed E-state index contributed by atoms with van der Waals surface area (Å²) in [5, 5.41) is 4.57. The zero-order valence-corrected chi connectivity index (χ0v) is 16.9. The van der Waals surface area contributed by atoms with Gasteiger partial charge in [-0.1, -0.05) is 6.07 Å². The molecule has 152 valence electrons. The maximum atomic E-state index is 5.93. The number of fused-ring (bicyclic) bond motifs is 1. The minimum atomic E-state index is -0.181. The first-order valence-electron chi connectivity index (χ1n) is 10.0. The molecule has 6 heteroatoms. The molecule has 2 aromatic heterocycles. The number of aromatic nitrogens is 2. The Morgan fingerprint density at radius 2 is 1.97 bits per heavy atom. The Hall–Kier alpha value is -2.54. The van der Waals surface area contributed by atoms with Crippen LogP contribution in [0.1, 0.15) is 23.2 Å². The Morgan fingerprint density at radius 3 is 2.72 bits per heavy atom. The topological polar surface area (TPSA) is 65.5 Å². The summed E-state index contributed by atoms with van der Waals surface area (Å²) in [6.45, 7) is 4.04. The number of pyridine rings is 2. The van der Waals surface area contributed by atoms with Crippen LogP contribution in [0.25, 0.3) is 10.9 Å². The van der Waals surface area contributed by atoms with E-state index in [-0.39, 0.29) is 12.3 Å². The van der Waals surface area contributed by atoms with Gasteiger partial charge < -0.3 is 19.5 Å². The predicted octanol–water partition coefficient (Wildman–Crippen LogP) is 3.41. The van der Waals surface area contributed by atoms with E-state index in [0.29, 0.717) is 19.8 Å². The van der Waals surface area contributed by atoms with E-state index in [2.05, 4.69) is 27.4 Å². The molecule has 0 amide bonds. The lowest BCUT2D eigenvalue weighted by atomic mass is 10.0. The molecular formula is C23H27N3O3. The maximum Gasteiger partial charge on any atom is 0.158 e. The van der Waals surface area contributed by atoms with Crippen molar-refractivity contribution in [2.45, 2.75) is 38.6 Å². The van der Waals surface area contributed by atoms with E-state index >= 15 is 0 Å². The molecule has 0 spiro atoms. The van der Waals surface area contributed by atoms with Gasteiger partial charge in [-0.3, -0.25) is 9.97 Å². The molecule has 1 N–H and O–H groups in total.